The summed E-state index contributed by atoms with van der Waals surface area (Å²) in [7, 11) is 2.92. The van der Waals surface area contributed by atoms with Gasteiger partial charge in [-0.2, -0.15) is 0 Å². The van der Waals surface area contributed by atoms with Gasteiger partial charge < -0.3 is 53.3 Å². The van der Waals surface area contributed by atoms with Crippen LogP contribution in [0.3, 0.4) is 0 Å². The smallest absolute Gasteiger partial charge is 0.493 e. The van der Waals surface area contributed by atoms with Gasteiger partial charge in [-0.3, -0.25) is 9.59 Å². The monoisotopic (exact) mass is 816 g/mol. The Morgan fingerprint density at radius 3 is 1.25 bits per heavy atom. The number of hydrogen-bond acceptors (Lipinski definition) is 14. The van der Waals surface area contributed by atoms with E-state index in [4.69, 9.17) is 42.6 Å². The van der Waals surface area contributed by atoms with Crippen LogP contribution in [-0.2, 0) is 49.5 Å². The third kappa shape index (κ3) is 14.8. The molecular weight excluding hydrogens is 768 g/mol. The number of ether oxygens (including phenoxy) is 9. The molecule has 314 valence electrons. The molecule has 59 heavy (non-hydrogen) atoms. The van der Waals surface area contributed by atoms with Gasteiger partial charge in [0.15, 0.2) is 34.5 Å². The molecule has 0 saturated heterocycles. The fourth-order valence-electron chi connectivity index (χ4n) is 5.43. The Hall–Kier alpha value is -6.97. The van der Waals surface area contributed by atoms with Crippen molar-refractivity contribution in [2.75, 3.05) is 47.1 Å². The standard InChI is InChI=1S/C43H48N2O14/c1-6-53-41(48)57-33-16-11-29(23-36(33)51-4)19-21-44-39(46)26-28-9-14-32(15-10-28)56-38-25-31(13-18-35(38)59-43(50)55-8-3)27-40(47)45-22-20-30-12-17-34(37(24-30)52-5)58-42(49)54-7-2/h9-18,23-25H,6-8,19-22,26-27H2,1-5H3,(H,44,46)(H,45,47). The van der Waals surface area contributed by atoms with Crippen molar-refractivity contribution >= 4 is 30.3 Å². The van der Waals surface area contributed by atoms with Gasteiger partial charge in [0, 0.05) is 13.1 Å². The average molecular weight is 817 g/mol. The van der Waals surface area contributed by atoms with Crippen LogP contribution in [0.1, 0.15) is 43.0 Å². The molecule has 2 amide bonds. The van der Waals surface area contributed by atoms with Crippen molar-refractivity contribution in [2.24, 2.45) is 0 Å². The van der Waals surface area contributed by atoms with E-state index in [9.17, 15) is 24.0 Å². The summed E-state index contributed by atoms with van der Waals surface area (Å²) in [6.45, 7) is 6.14. The number of carbonyl (C=O) groups excluding carboxylic acids is 5. The van der Waals surface area contributed by atoms with Gasteiger partial charge in [-0.15, -0.1) is 0 Å². The number of nitrogens with one attached hydrogen (secondary N) is 2. The molecule has 0 fully saturated rings. The van der Waals surface area contributed by atoms with Crippen molar-refractivity contribution in [2.45, 2.75) is 46.5 Å². The topological polar surface area (TPSA) is 192 Å². The summed E-state index contributed by atoms with van der Waals surface area (Å²) >= 11 is 0. The highest BCUT2D eigenvalue weighted by Gasteiger charge is 2.17. The van der Waals surface area contributed by atoms with Crippen molar-refractivity contribution in [1.29, 1.82) is 0 Å². The predicted octanol–water partition coefficient (Wildman–Crippen LogP) is 6.90. The van der Waals surface area contributed by atoms with E-state index >= 15 is 0 Å². The van der Waals surface area contributed by atoms with Gasteiger partial charge in [-0.05, 0) is 104 Å². The van der Waals surface area contributed by atoms with Crippen LogP contribution in [0.25, 0.3) is 0 Å². The first-order valence-electron chi connectivity index (χ1n) is 18.8. The number of hydrogen-bond donors (Lipinski definition) is 2. The maximum Gasteiger partial charge on any atom is 0.513 e. The Morgan fingerprint density at radius 1 is 0.458 bits per heavy atom. The predicted molar refractivity (Wildman–Crippen MR) is 213 cm³/mol. The van der Waals surface area contributed by atoms with Crippen LogP contribution in [-0.4, -0.2) is 77.4 Å². The molecule has 0 aliphatic carbocycles. The van der Waals surface area contributed by atoms with Crippen LogP contribution in [0, 0.1) is 0 Å². The molecule has 0 spiro atoms. The van der Waals surface area contributed by atoms with E-state index in [0.717, 1.165) is 16.7 Å². The van der Waals surface area contributed by atoms with E-state index in [1.54, 1.807) is 93.6 Å². The van der Waals surface area contributed by atoms with Gasteiger partial charge in [-0.1, -0.05) is 30.3 Å². The zero-order chi connectivity index (χ0) is 42.6. The molecular formula is C43H48N2O14. The second kappa shape index (κ2) is 23.3. The van der Waals surface area contributed by atoms with Crippen molar-refractivity contribution in [1.82, 2.24) is 10.6 Å². The molecule has 0 bridgehead atoms. The van der Waals surface area contributed by atoms with Crippen LogP contribution in [0.4, 0.5) is 14.4 Å². The van der Waals surface area contributed by atoms with Crippen LogP contribution >= 0.6 is 0 Å². The Kier molecular flexibility index (Phi) is 17.7. The first-order valence-corrected chi connectivity index (χ1v) is 18.8. The largest absolute Gasteiger partial charge is 0.513 e. The van der Waals surface area contributed by atoms with Crippen molar-refractivity contribution in [3.63, 3.8) is 0 Å². The number of methoxy groups -OCH3 is 2. The number of amides is 2. The molecule has 16 nitrogen and oxygen atoms in total. The molecule has 0 unspecified atom stereocenters. The van der Waals surface area contributed by atoms with E-state index in [0.29, 0.717) is 48.7 Å². The SMILES string of the molecule is CCOC(=O)Oc1ccc(CCNC(=O)Cc2ccc(Oc3cc(CC(=O)NCCc4ccc(OC(=O)OCC)c(OC)c4)ccc3OC(=O)OCC)cc2)cc1OC. The Labute approximate surface area is 341 Å². The molecule has 4 aromatic rings. The van der Waals surface area contributed by atoms with E-state index in [1.165, 1.54) is 20.3 Å². The molecule has 0 aromatic heterocycles. The van der Waals surface area contributed by atoms with Crippen LogP contribution in [0.5, 0.6) is 40.2 Å². The summed E-state index contributed by atoms with van der Waals surface area (Å²) < 4.78 is 47.0. The highest BCUT2D eigenvalue weighted by molar-refractivity contribution is 5.79. The summed E-state index contributed by atoms with van der Waals surface area (Å²) in [5.41, 5.74) is 3.01. The molecule has 0 atom stereocenters. The van der Waals surface area contributed by atoms with Crippen molar-refractivity contribution < 1.29 is 66.6 Å². The Morgan fingerprint density at radius 2 is 0.831 bits per heavy atom. The van der Waals surface area contributed by atoms with Gasteiger partial charge in [0.25, 0.3) is 0 Å². The zero-order valence-corrected chi connectivity index (χ0v) is 33.6. The third-order valence-electron chi connectivity index (χ3n) is 8.18. The summed E-state index contributed by atoms with van der Waals surface area (Å²) in [6, 6.07) is 21.7. The van der Waals surface area contributed by atoms with Gasteiger partial charge in [0.1, 0.15) is 5.75 Å². The highest BCUT2D eigenvalue weighted by atomic mass is 16.7. The zero-order valence-electron chi connectivity index (χ0n) is 33.6. The van der Waals surface area contributed by atoms with E-state index in [1.807, 2.05) is 0 Å². The maximum absolute atomic E-state index is 12.9. The fourth-order valence-corrected chi connectivity index (χ4v) is 5.43. The van der Waals surface area contributed by atoms with Gasteiger partial charge in [0.2, 0.25) is 11.8 Å². The van der Waals surface area contributed by atoms with E-state index in [2.05, 4.69) is 10.6 Å². The fraction of sp³-hybridized carbons (Fsp3) is 0.326. The minimum Gasteiger partial charge on any atom is -0.493 e. The molecule has 16 heteroatoms. The first-order chi connectivity index (χ1) is 28.5. The van der Waals surface area contributed by atoms with Gasteiger partial charge in [0.05, 0.1) is 46.9 Å². The lowest BCUT2D eigenvalue weighted by Crippen LogP contribution is -2.27. The molecule has 0 saturated carbocycles. The second-order valence-corrected chi connectivity index (χ2v) is 12.4. The van der Waals surface area contributed by atoms with Crippen molar-refractivity contribution in [3.8, 4) is 40.2 Å². The lowest BCUT2D eigenvalue weighted by molar-refractivity contribution is -0.121. The lowest BCUT2D eigenvalue weighted by atomic mass is 10.1. The molecule has 4 aromatic carbocycles. The molecule has 0 heterocycles. The third-order valence-corrected chi connectivity index (χ3v) is 8.18. The molecule has 0 radical (unpaired) electrons. The first kappa shape index (κ1) is 44.7. The van der Waals surface area contributed by atoms with Crippen LogP contribution in [0.2, 0.25) is 0 Å². The van der Waals surface area contributed by atoms with E-state index < -0.39 is 18.5 Å². The number of benzene rings is 4. The molecule has 2 N–H and O–H groups in total. The Balaban J connectivity index is 1.31. The lowest BCUT2D eigenvalue weighted by Gasteiger charge is -2.14. The van der Waals surface area contributed by atoms with E-state index in [-0.39, 0.29) is 67.5 Å². The second-order valence-electron chi connectivity index (χ2n) is 12.4. The summed E-state index contributed by atoms with van der Waals surface area (Å²) in [4.78, 5) is 61.2. The number of carbonyl (C=O) groups is 5. The highest BCUT2D eigenvalue weighted by Crippen LogP contribution is 2.34. The normalized spacial score (nSPS) is 10.4. The Bertz CT molecular complexity index is 2050. The van der Waals surface area contributed by atoms with Crippen LogP contribution < -0.4 is 39.1 Å². The molecule has 0 aliphatic rings. The average Bonchev–Trinajstić information content (AvgIpc) is 3.21. The van der Waals surface area contributed by atoms with Crippen molar-refractivity contribution in [3.05, 3.63) is 101 Å². The maximum atomic E-state index is 12.9. The number of rotatable bonds is 20. The quantitative estimate of drug-likeness (QED) is 0.0531. The summed E-state index contributed by atoms with van der Waals surface area (Å²) in [6.07, 6.45) is -1.49. The minimum absolute atomic E-state index is 0.00247. The van der Waals surface area contributed by atoms with Crippen LogP contribution in [0.15, 0.2) is 78.9 Å². The summed E-state index contributed by atoms with van der Waals surface area (Å²) in [5, 5.41) is 5.78. The van der Waals surface area contributed by atoms with Gasteiger partial charge >= 0.3 is 18.5 Å². The minimum atomic E-state index is -0.916. The van der Waals surface area contributed by atoms with Gasteiger partial charge in [-0.25, -0.2) is 14.4 Å². The molecule has 0 aliphatic heterocycles. The summed E-state index contributed by atoms with van der Waals surface area (Å²) in [5.74, 6) is 1.34. The molecule has 4 rings (SSSR count).